The molecule has 0 amide bonds. The van der Waals surface area contributed by atoms with Crippen LogP contribution in [0.5, 0.6) is 0 Å². The average Bonchev–Trinajstić information content (AvgIpc) is 2.53. The standard InChI is InChI=1S/C17H19N3O/c18-10-13-9-17(20-15-7-3-2-6-14(13)15)19-11-12-5-1-4-8-16(12)21/h2-3,6-7,9,12,16,21H,1,4-5,8,11H2,(H,19,20). The number of rotatable bonds is 3. The van der Waals surface area contributed by atoms with Crippen molar-refractivity contribution < 1.29 is 5.11 Å². The van der Waals surface area contributed by atoms with Gasteiger partial charge in [-0.1, -0.05) is 31.0 Å². The Hall–Kier alpha value is -2.12. The lowest BCUT2D eigenvalue weighted by atomic mass is 9.86. The Balaban J connectivity index is 1.79. The van der Waals surface area contributed by atoms with Crippen LogP contribution in [0.15, 0.2) is 30.3 Å². The number of nitrogens with zero attached hydrogens (tertiary/aromatic N) is 2. The first kappa shape index (κ1) is 13.8. The third kappa shape index (κ3) is 2.98. The second-order valence-electron chi connectivity index (χ2n) is 5.68. The maximum Gasteiger partial charge on any atom is 0.127 e. The number of hydrogen-bond donors (Lipinski definition) is 2. The van der Waals surface area contributed by atoms with Gasteiger partial charge in [-0.05, 0) is 25.0 Å². The van der Waals surface area contributed by atoms with Gasteiger partial charge in [-0.25, -0.2) is 4.98 Å². The van der Waals surface area contributed by atoms with E-state index in [1.165, 1.54) is 6.42 Å². The molecule has 2 aromatic rings. The SMILES string of the molecule is N#Cc1cc(NCC2CCCCC2O)nc2ccccc12. The van der Waals surface area contributed by atoms with E-state index in [2.05, 4.69) is 16.4 Å². The van der Waals surface area contributed by atoms with Crippen molar-refractivity contribution in [3.05, 3.63) is 35.9 Å². The molecule has 3 rings (SSSR count). The van der Waals surface area contributed by atoms with Crippen LogP contribution >= 0.6 is 0 Å². The van der Waals surface area contributed by atoms with Crippen molar-refractivity contribution in [1.29, 1.82) is 5.26 Å². The minimum absolute atomic E-state index is 0.220. The molecule has 1 aliphatic carbocycles. The molecule has 4 nitrogen and oxygen atoms in total. The Labute approximate surface area is 124 Å². The van der Waals surface area contributed by atoms with E-state index in [4.69, 9.17) is 0 Å². The van der Waals surface area contributed by atoms with Crippen LogP contribution in [0.3, 0.4) is 0 Å². The summed E-state index contributed by atoms with van der Waals surface area (Å²) in [6.07, 6.45) is 4.01. The third-order valence-electron chi connectivity index (χ3n) is 4.25. The molecule has 2 atom stereocenters. The third-order valence-corrected chi connectivity index (χ3v) is 4.25. The summed E-state index contributed by atoms with van der Waals surface area (Å²) in [6.45, 7) is 0.706. The van der Waals surface area contributed by atoms with Crippen LogP contribution < -0.4 is 5.32 Å². The first-order valence-electron chi connectivity index (χ1n) is 7.50. The van der Waals surface area contributed by atoms with Crippen LogP contribution in [0.25, 0.3) is 10.9 Å². The first-order chi connectivity index (χ1) is 10.3. The maximum atomic E-state index is 10.0. The van der Waals surface area contributed by atoms with Crippen LogP contribution in [0.4, 0.5) is 5.82 Å². The number of pyridine rings is 1. The van der Waals surface area contributed by atoms with E-state index in [0.29, 0.717) is 17.9 Å². The number of para-hydroxylation sites is 1. The summed E-state index contributed by atoms with van der Waals surface area (Å²) >= 11 is 0. The molecule has 0 aliphatic heterocycles. The molecule has 0 spiro atoms. The molecular weight excluding hydrogens is 262 g/mol. The fraction of sp³-hybridized carbons (Fsp3) is 0.412. The molecule has 4 heteroatoms. The Morgan fingerprint density at radius 2 is 2.10 bits per heavy atom. The van der Waals surface area contributed by atoms with Gasteiger partial charge in [0.05, 0.1) is 23.3 Å². The van der Waals surface area contributed by atoms with Gasteiger partial charge in [0.2, 0.25) is 0 Å². The summed E-state index contributed by atoms with van der Waals surface area (Å²) < 4.78 is 0. The number of nitrogens with one attached hydrogen (secondary N) is 1. The van der Waals surface area contributed by atoms with Gasteiger partial charge in [-0.2, -0.15) is 5.26 Å². The van der Waals surface area contributed by atoms with Gasteiger partial charge in [0.25, 0.3) is 0 Å². The smallest absolute Gasteiger partial charge is 0.127 e. The molecule has 1 fully saturated rings. The van der Waals surface area contributed by atoms with Crippen molar-refractivity contribution in [3.8, 4) is 6.07 Å². The van der Waals surface area contributed by atoms with Gasteiger partial charge in [0, 0.05) is 17.8 Å². The predicted molar refractivity (Wildman–Crippen MR) is 82.9 cm³/mol. The summed E-state index contributed by atoms with van der Waals surface area (Å²) in [4.78, 5) is 4.55. The van der Waals surface area contributed by atoms with E-state index in [1.54, 1.807) is 6.07 Å². The van der Waals surface area contributed by atoms with Gasteiger partial charge in [0.15, 0.2) is 0 Å². The van der Waals surface area contributed by atoms with E-state index in [0.717, 1.165) is 30.2 Å². The topological polar surface area (TPSA) is 68.9 Å². The van der Waals surface area contributed by atoms with Gasteiger partial charge in [0.1, 0.15) is 5.82 Å². The van der Waals surface area contributed by atoms with E-state index in [-0.39, 0.29) is 12.0 Å². The van der Waals surface area contributed by atoms with Crippen molar-refractivity contribution >= 4 is 16.7 Å². The molecule has 1 heterocycles. The monoisotopic (exact) mass is 281 g/mol. The molecule has 1 aromatic carbocycles. The molecule has 0 saturated heterocycles. The highest BCUT2D eigenvalue weighted by Gasteiger charge is 2.22. The fourth-order valence-corrected chi connectivity index (χ4v) is 3.02. The molecule has 1 saturated carbocycles. The zero-order chi connectivity index (χ0) is 14.7. The van der Waals surface area contributed by atoms with Crippen LogP contribution in [0, 0.1) is 17.2 Å². The molecule has 0 radical (unpaired) electrons. The fourth-order valence-electron chi connectivity index (χ4n) is 3.02. The summed E-state index contributed by atoms with van der Waals surface area (Å²) in [5, 5.41) is 23.4. The zero-order valence-corrected chi connectivity index (χ0v) is 11.9. The summed E-state index contributed by atoms with van der Waals surface area (Å²) in [7, 11) is 0. The van der Waals surface area contributed by atoms with Crippen LogP contribution in [-0.4, -0.2) is 22.7 Å². The van der Waals surface area contributed by atoms with Gasteiger partial charge >= 0.3 is 0 Å². The minimum Gasteiger partial charge on any atom is -0.393 e. The molecule has 108 valence electrons. The molecule has 1 aliphatic rings. The van der Waals surface area contributed by atoms with E-state index in [9.17, 15) is 10.4 Å². The van der Waals surface area contributed by atoms with Crippen molar-refractivity contribution in [2.24, 2.45) is 5.92 Å². The first-order valence-corrected chi connectivity index (χ1v) is 7.50. The Bertz CT molecular complexity index is 677. The lowest BCUT2D eigenvalue weighted by Gasteiger charge is -2.27. The number of anilines is 1. The predicted octanol–water partition coefficient (Wildman–Crippen LogP) is 3.07. The highest BCUT2D eigenvalue weighted by molar-refractivity contribution is 5.86. The molecule has 2 N–H and O–H groups in total. The quantitative estimate of drug-likeness (QED) is 0.907. The Morgan fingerprint density at radius 1 is 1.29 bits per heavy atom. The molecule has 0 bridgehead atoms. The molecule has 21 heavy (non-hydrogen) atoms. The number of hydrogen-bond acceptors (Lipinski definition) is 4. The second-order valence-corrected chi connectivity index (χ2v) is 5.68. The maximum absolute atomic E-state index is 10.0. The highest BCUT2D eigenvalue weighted by atomic mass is 16.3. The van der Waals surface area contributed by atoms with Crippen LogP contribution in [0.2, 0.25) is 0 Å². The lowest BCUT2D eigenvalue weighted by Crippen LogP contribution is -2.30. The van der Waals surface area contributed by atoms with Crippen molar-refractivity contribution in [3.63, 3.8) is 0 Å². The van der Waals surface area contributed by atoms with E-state index in [1.807, 2.05) is 24.3 Å². The van der Waals surface area contributed by atoms with E-state index < -0.39 is 0 Å². The van der Waals surface area contributed by atoms with Crippen molar-refractivity contribution in [2.75, 3.05) is 11.9 Å². The minimum atomic E-state index is -0.220. The largest absolute Gasteiger partial charge is 0.393 e. The number of aromatic nitrogens is 1. The van der Waals surface area contributed by atoms with Crippen LogP contribution in [-0.2, 0) is 0 Å². The number of fused-ring (bicyclic) bond motifs is 1. The zero-order valence-electron chi connectivity index (χ0n) is 11.9. The van der Waals surface area contributed by atoms with Gasteiger partial charge in [-0.15, -0.1) is 0 Å². The van der Waals surface area contributed by atoms with Crippen molar-refractivity contribution in [2.45, 2.75) is 31.8 Å². The number of benzene rings is 1. The second kappa shape index (κ2) is 6.11. The number of aliphatic hydroxyl groups is 1. The average molecular weight is 281 g/mol. The molecule has 1 aromatic heterocycles. The van der Waals surface area contributed by atoms with Gasteiger partial charge in [-0.3, -0.25) is 0 Å². The highest BCUT2D eigenvalue weighted by Crippen LogP contribution is 2.25. The van der Waals surface area contributed by atoms with Gasteiger partial charge < -0.3 is 10.4 Å². The lowest BCUT2D eigenvalue weighted by molar-refractivity contribution is 0.0763. The van der Waals surface area contributed by atoms with Crippen LogP contribution in [0.1, 0.15) is 31.2 Å². The Morgan fingerprint density at radius 3 is 2.90 bits per heavy atom. The Kier molecular flexibility index (Phi) is 4.03. The summed E-state index contributed by atoms with van der Waals surface area (Å²) in [6, 6.07) is 11.7. The number of nitriles is 1. The molecule has 2 unspecified atom stereocenters. The summed E-state index contributed by atoms with van der Waals surface area (Å²) in [5.41, 5.74) is 1.45. The van der Waals surface area contributed by atoms with E-state index >= 15 is 0 Å². The molecular formula is C17H19N3O. The summed E-state index contributed by atoms with van der Waals surface area (Å²) in [5.74, 6) is 0.987. The van der Waals surface area contributed by atoms with Crippen molar-refractivity contribution in [1.82, 2.24) is 4.98 Å². The normalized spacial score (nSPS) is 21.9. The number of aliphatic hydroxyl groups excluding tert-OH is 1.